The third kappa shape index (κ3) is 4.34. The van der Waals surface area contributed by atoms with E-state index >= 15 is 0 Å². The summed E-state index contributed by atoms with van der Waals surface area (Å²) in [6, 6.07) is 10.3. The standard InChI is InChI=1S/C26H31ClN4O3/c1-16-12-22-23(13-17(16)2)31(20-4-5-21(27)24(14-20)33-3)26(29-22)30-9-6-18(7-10-30)25(32)28-19-8-11-34-15-19/h4-5,12-14,18-19H,6-11,15H2,1-3H3,(H,28,32)/t19-/m1/s1. The van der Waals surface area contributed by atoms with Gasteiger partial charge in [0.2, 0.25) is 11.9 Å². The molecule has 1 atom stereocenters. The average Bonchev–Trinajstić information content (AvgIpc) is 3.48. The zero-order valence-corrected chi connectivity index (χ0v) is 20.7. The van der Waals surface area contributed by atoms with E-state index in [1.54, 1.807) is 7.11 Å². The summed E-state index contributed by atoms with van der Waals surface area (Å²) in [7, 11) is 1.62. The Labute approximate surface area is 205 Å². The molecule has 8 heteroatoms. The summed E-state index contributed by atoms with van der Waals surface area (Å²) >= 11 is 6.31. The summed E-state index contributed by atoms with van der Waals surface area (Å²) in [5, 5.41) is 3.74. The van der Waals surface area contributed by atoms with Crippen LogP contribution in [0, 0.1) is 19.8 Å². The molecular weight excluding hydrogens is 452 g/mol. The number of amides is 1. The van der Waals surface area contributed by atoms with Crippen molar-refractivity contribution in [2.24, 2.45) is 5.92 Å². The lowest BCUT2D eigenvalue weighted by Crippen LogP contribution is -2.44. The van der Waals surface area contributed by atoms with E-state index in [2.05, 4.69) is 40.8 Å². The van der Waals surface area contributed by atoms with Crippen molar-refractivity contribution in [3.05, 3.63) is 46.5 Å². The summed E-state index contributed by atoms with van der Waals surface area (Å²) in [5.41, 5.74) is 5.37. The molecule has 0 saturated carbocycles. The number of hydrogen-bond donors (Lipinski definition) is 1. The first-order valence-corrected chi connectivity index (χ1v) is 12.3. The van der Waals surface area contributed by atoms with Crippen LogP contribution in [0.25, 0.3) is 16.7 Å². The van der Waals surface area contributed by atoms with Gasteiger partial charge in [0, 0.05) is 31.7 Å². The van der Waals surface area contributed by atoms with Crippen molar-refractivity contribution in [3.8, 4) is 11.4 Å². The van der Waals surface area contributed by atoms with Crippen molar-refractivity contribution in [2.45, 2.75) is 39.2 Å². The number of hydrogen-bond acceptors (Lipinski definition) is 5. The van der Waals surface area contributed by atoms with Crippen molar-refractivity contribution in [3.63, 3.8) is 0 Å². The van der Waals surface area contributed by atoms with Crippen LogP contribution in [-0.4, -0.2) is 54.9 Å². The number of rotatable bonds is 5. The van der Waals surface area contributed by atoms with Crippen LogP contribution in [0.1, 0.15) is 30.4 Å². The highest BCUT2D eigenvalue weighted by Crippen LogP contribution is 2.34. The zero-order chi connectivity index (χ0) is 23.8. The largest absolute Gasteiger partial charge is 0.495 e. The Morgan fingerprint density at radius 1 is 1.15 bits per heavy atom. The number of halogens is 1. The summed E-state index contributed by atoms with van der Waals surface area (Å²) in [6.45, 7) is 7.12. The Hall–Kier alpha value is -2.77. The summed E-state index contributed by atoms with van der Waals surface area (Å²) in [4.78, 5) is 20.1. The molecule has 2 saturated heterocycles. The van der Waals surface area contributed by atoms with Gasteiger partial charge < -0.3 is 19.7 Å². The third-order valence-corrected chi connectivity index (χ3v) is 7.38. The molecule has 2 aliphatic rings. The fourth-order valence-electron chi connectivity index (χ4n) is 4.88. The number of aryl methyl sites for hydroxylation is 2. The SMILES string of the molecule is COc1cc(-n2c(N3CCC(C(=O)N[C@@H]4CCOC4)CC3)nc3cc(C)c(C)cc32)ccc1Cl. The number of carbonyl (C=O) groups is 1. The van der Waals surface area contributed by atoms with Crippen molar-refractivity contribution in [1.29, 1.82) is 0 Å². The molecule has 180 valence electrons. The molecule has 34 heavy (non-hydrogen) atoms. The van der Waals surface area contributed by atoms with Crippen LogP contribution in [0.2, 0.25) is 5.02 Å². The molecule has 0 aliphatic carbocycles. The Bertz CT molecular complexity index is 1210. The van der Waals surface area contributed by atoms with Gasteiger partial charge in [0.25, 0.3) is 0 Å². The van der Waals surface area contributed by atoms with Crippen molar-refractivity contribution < 1.29 is 14.3 Å². The second kappa shape index (κ2) is 9.47. The topological polar surface area (TPSA) is 68.6 Å². The number of carbonyl (C=O) groups excluding carboxylic acids is 1. The Morgan fingerprint density at radius 2 is 1.91 bits per heavy atom. The predicted octanol–water partition coefficient (Wildman–Crippen LogP) is 4.43. The predicted molar refractivity (Wildman–Crippen MR) is 134 cm³/mol. The van der Waals surface area contributed by atoms with Gasteiger partial charge in [-0.3, -0.25) is 9.36 Å². The van der Waals surface area contributed by atoms with Gasteiger partial charge in [0.05, 0.1) is 41.5 Å². The van der Waals surface area contributed by atoms with E-state index in [0.717, 1.165) is 61.6 Å². The van der Waals surface area contributed by atoms with Crippen LogP contribution in [0.5, 0.6) is 5.75 Å². The molecule has 2 aromatic carbocycles. The van der Waals surface area contributed by atoms with E-state index < -0.39 is 0 Å². The molecule has 0 spiro atoms. The number of methoxy groups -OCH3 is 1. The molecule has 0 radical (unpaired) electrons. The second-order valence-electron chi connectivity index (χ2n) is 9.32. The zero-order valence-electron chi connectivity index (χ0n) is 19.9. The maximum atomic E-state index is 12.8. The van der Waals surface area contributed by atoms with E-state index in [1.165, 1.54) is 11.1 Å². The minimum Gasteiger partial charge on any atom is -0.495 e. The highest BCUT2D eigenvalue weighted by atomic mass is 35.5. The van der Waals surface area contributed by atoms with Crippen LogP contribution < -0.4 is 15.0 Å². The van der Waals surface area contributed by atoms with Crippen molar-refractivity contribution in [1.82, 2.24) is 14.9 Å². The van der Waals surface area contributed by atoms with E-state index in [4.69, 9.17) is 26.1 Å². The Morgan fingerprint density at radius 3 is 2.62 bits per heavy atom. The lowest BCUT2D eigenvalue weighted by atomic mass is 9.95. The lowest BCUT2D eigenvalue weighted by Gasteiger charge is -2.33. The molecule has 0 unspecified atom stereocenters. The third-order valence-electron chi connectivity index (χ3n) is 7.07. The lowest BCUT2D eigenvalue weighted by molar-refractivity contribution is -0.126. The van der Waals surface area contributed by atoms with Gasteiger partial charge in [0.1, 0.15) is 5.75 Å². The molecule has 5 rings (SSSR count). The van der Waals surface area contributed by atoms with E-state index in [1.807, 2.05) is 18.2 Å². The van der Waals surface area contributed by atoms with Gasteiger partial charge in [-0.25, -0.2) is 4.98 Å². The molecule has 0 bridgehead atoms. The molecule has 2 aliphatic heterocycles. The monoisotopic (exact) mass is 482 g/mol. The van der Waals surface area contributed by atoms with Crippen molar-refractivity contribution in [2.75, 3.05) is 38.3 Å². The normalized spacial score (nSPS) is 19.1. The first-order chi connectivity index (χ1) is 16.4. The van der Waals surface area contributed by atoms with Crippen LogP contribution >= 0.6 is 11.6 Å². The molecule has 1 aromatic heterocycles. The molecule has 2 fully saturated rings. The Kier molecular flexibility index (Phi) is 6.40. The fraction of sp³-hybridized carbons (Fsp3) is 0.462. The second-order valence-corrected chi connectivity index (χ2v) is 9.73. The van der Waals surface area contributed by atoms with Gasteiger partial charge in [-0.2, -0.15) is 0 Å². The number of imidazole rings is 1. The van der Waals surface area contributed by atoms with Gasteiger partial charge in [-0.15, -0.1) is 0 Å². The molecule has 1 N–H and O–H groups in total. The Balaban J connectivity index is 1.45. The minimum absolute atomic E-state index is 0.0230. The maximum absolute atomic E-state index is 12.8. The van der Waals surface area contributed by atoms with Crippen LogP contribution in [0.3, 0.4) is 0 Å². The first-order valence-electron chi connectivity index (χ1n) is 11.9. The highest BCUT2D eigenvalue weighted by molar-refractivity contribution is 6.32. The molecule has 3 aromatic rings. The highest BCUT2D eigenvalue weighted by Gasteiger charge is 2.30. The molecule has 1 amide bonds. The summed E-state index contributed by atoms with van der Waals surface area (Å²) in [5.74, 6) is 1.68. The van der Waals surface area contributed by atoms with Gasteiger partial charge in [0.15, 0.2) is 0 Å². The van der Waals surface area contributed by atoms with Crippen LogP contribution in [-0.2, 0) is 9.53 Å². The number of anilines is 1. The molecule has 7 nitrogen and oxygen atoms in total. The number of fused-ring (bicyclic) bond motifs is 1. The molecular formula is C26H31ClN4O3. The minimum atomic E-state index is 0.0230. The number of nitrogens with zero attached hydrogens (tertiary/aromatic N) is 3. The van der Waals surface area contributed by atoms with E-state index in [-0.39, 0.29) is 17.9 Å². The summed E-state index contributed by atoms with van der Waals surface area (Å²) < 4.78 is 13.1. The average molecular weight is 483 g/mol. The van der Waals surface area contributed by atoms with Crippen LogP contribution in [0.4, 0.5) is 5.95 Å². The number of aromatic nitrogens is 2. The van der Waals surface area contributed by atoms with Crippen LogP contribution in [0.15, 0.2) is 30.3 Å². The number of ether oxygens (including phenoxy) is 2. The molecule has 3 heterocycles. The summed E-state index contributed by atoms with van der Waals surface area (Å²) in [6.07, 6.45) is 2.49. The van der Waals surface area contributed by atoms with E-state index in [0.29, 0.717) is 17.4 Å². The first kappa shape index (κ1) is 23.0. The van der Waals surface area contributed by atoms with Gasteiger partial charge in [-0.05, 0) is 68.5 Å². The number of piperidine rings is 1. The smallest absolute Gasteiger partial charge is 0.223 e. The van der Waals surface area contributed by atoms with Crippen molar-refractivity contribution >= 4 is 34.5 Å². The maximum Gasteiger partial charge on any atom is 0.223 e. The quantitative estimate of drug-likeness (QED) is 0.582. The number of benzene rings is 2. The van der Waals surface area contributed by atoms with Gasteiger partial charge >= 0.3 is 0 Å². The number of nitrogens with one attached hydrogen (secondary N) is 1. The van der Waals surface area contributed by atoms with Gasteiger partial charge in [-0.1, -0.05) is 11.6 Å². The van der Waals surface area contributed by atoms with E-state index in [9.17, 15) is 4.79 Å². The fourth-order valence-corrected chi connectivity index (χ4v) is 5.08.